The van der Waals surface area contributed by atoms with Crippen LogP contribution in [0.2, 0.25) is 0 Å². The van der Waals surface area contributed by atoms with Gasteiger partial charge in [-0.3, -0.25) is 4.79 Å². The Morgan fingerprint density at radius 1 is 0.923 bits per heavy atom. The fourth-order valence-corrected chi connectivity index (χ4v) is 2.92. The van der Waals surface area contributed by atoms with Crippen LogP contribution in [0.1, 0.15) is 41.6 Å². The lowest BCUT2D eigenvalue weighted by molar-refractivity contribution is 0.0951. The molecule has 26 heavy (non-hydrogen) atoms. The number of rotatable bonds is 6. The van der Waals surface area contributed by atoms with Gasteiger partial charge < -0.3 is 15.5 Å². The summed E-state index contributed by atoms with van der Waals surface area (Å²) in [5.41, 5.74) is 2.51. The van der Waals surface area contributed by atoms with Crippen LogP contribution in [0.4, 0.5) is 10.5 Å². The summed E-state index contributed by atoms with van der Waals surface area (Å²) in [7, 11) is 0. The Hall–Kier alpha value is -2.82. The number of anilines is 1. The van der Waals surface area contributed by atoms with Crippen molar-refractivity contribution in [3.8, 4) is 0 Å². The highest BCUT2D eigenvalue weighted by molar-refractivity contribution is 5.94. The van der Waals surface area contributed by atoms with Crippen LogP contribution >= 0.6 is 0 Å². The Labute approximate surface area is 153 Å². The molecule has 0 spiro atoms. The maximum atomic E-state index is 12.7. The number of amides is 3. The third-order valence-electron chi connectivity index (χ3n) is 4.76. The molecular weight excluding hydrogens is 326 g/mol. The van der Waals surface area contributed by atoms with Gasteiger partial charge in [-0.15, -0.1) is 0 Å². The van der Waals surface area contributed by atoms with Gasteiger partial charge in [0.15, 0.2) is 0 Å². The van der Waals surface area contributed by atoms with E-state index in [9.17, 15) is 9.59 Å². The van der Waals surface area contributed by atoms with Crippen LogP contribution in [0.3, 0.4) is 0 Å². The van der Waals surface area contributed by atoms with Crippen LogP contribution < -0.4 is 10.6 Å². The number of nitrogens with one attached hydrogen (secondary N) is 2. The Kier molecular flexibility index (Phi) is 4.61. The summed E-state index contributed by atoms with van der Waals surface area (Å²) in [4.78, 5) is 26.6. The van der Waals surface area contributed by atoms with E-state index in [0.29, 0.717) is 24.2 Å². The summed E-state index contributed by atoms with van der Waals surface area (Å²) in [6, 6.07) is 17.6. The number of nitrogens with zero attached hydrogens (tertiary/aromatic N) is 1. The minimum atomic E-state index is -0.0748. The van der Waals surface area contributed by atoms with E-state index in [1.807, 2.05) is 59.5 Å². The first kappa shape index (κ1) is 16.6. The van der Waals surface area contributed by atoms with Crippen molar-refractivity contribution in [3.63, 3.8) is 0 Å². The third-order valence-corrected chi connectivity index (χ3v) is 4.76. The number of carbonyl (C=O) groups excluding carboxylic acids is 2. The molecule has 0 heterocycles. The molecular formula is C21H23N3O2. The van der Waals surface area contributed by atoms with Crippen molar-refractivity contribution in [2.24, 2.45) is 0 Å². The van der Waals surface area contributed by atoms with Gasteiger partial charge in [-0.05, 0) is 55.5 Å². The van der Waals surface area contributed by atoms with Crippen LogP contribution in [0.15, 0.2) is 54.6 Å². The summed E-state index contributed by atoms with van der Waals surface area (Å²) >= 11 is 0. The van der Waals surface area contributed by atoms with Gasteiger partial charge in [-0.25, -0.2) is 4.79 Å². The largest absolute Gasteiger partial charge is 0.349 e. The van der Waals surface area contributed by atoms with Gasteiger partial charge in [0.25, 0.3) is 5.91 Å². The van der Waals surface area contributed by atoms with Crippen LogP contribution in [-0.2, 0) is 6.54 Å². The van der Waals surface area contributed by atoms with E-state index in [4.69, 9.17) is 0 Å². The zero-order chi connectivity index (χ0) is 17.9. The molecule has 0 aromatic heterocycles. The Morgan fingerprint density at radius 3 is 2.23 bits per heavy atom. The van der Waals surface area contributed by atoms with Crippen molar-refractivity contribution in [1.82, 2.24) is 10.2 Å². The van der Waals surface area contributed by atoms with E-state index >= 15 is 0 Å². The lowest BCUT2D eigenvalue weighted by Crippen LogP contribution is -2.36. The first-order chi connectivity index (χ1) is 12.7. The summed E-state index contributed by atoms with van der Waals surface area (Å²) in [6.45, 7) is 0.549. The highest BCUT2D eigenvalue weighted by Gasteiger charge is 2.32. The molecule has 3 amide bonds. The first-order valence-electron chi connectivity index (χ1n) is 9.21. The molecule has 2 aliphatic rings. The maximum absolute atomic E-state index is 12.7. The van der Waals surface area contributed by atoms with Crippen molar-refractivity contribution in [2.75, 3.05) is 5.32 Å². The zero-order valence-electron chi connectivity index (χ0n) is 14.7. The fraction of sp³-hybridized carbons (Fsp3) is 0.333. The van der Waals surface area contributed by atoms with E-state index < -0.39 is 0 Å². The van der Waals surface area contributed by atoms with E-state index in [0.717, 1.165) is 36.9 Å². The molecule has 2 aromatic rings. The molecule has 0 unspecified atom stereocenters. The zero-order valence-corrected chi connectivity index (χ0v) is 14.7. The van der Waals surface area contributed by atoms with Gasteiger partial charge >= 0.3 is 6.03 Å². The number of carbonyl (C=O) groups is 2. The summed E-state index contributed by atoms with van der Waals surface area (Å²) < 4.78 is 0. The summed E-state index contributed by atoms with van der Waals surface area (Å²) in [5.74, 6) is -0.0140. The minimum Gasteiger partial charge on any atom is -0.349 e. The van der Waals surface area contributed by atoms with Crippen molar-refractivity contribution >= 4 is 17.6 Å². The molecule has 2 aliphatic carbocycles. The van der Waals surface area contributed by atoms with Crippen molar-refractivity contribution in [1.29, 1.82) is 0 Å². The Bertz CT molecular complexity index is 781. The molecule has 134 valence electrons. The second kappa shape index (κ2) is 7.20. The second-order valence-corrected chi connectivity index (χ2v) is 7.10. The van der Waals surface area contributed by atoms with Crippen LogP contribution in [0.25, 0.3) is 0 Å². The fourth-order valence-electron chi connectivity index (χ4n) is 2.92. The molecule has 2 fully saturated rings. The van der Waals surface area contributed by atoms with Gasteiger partial charge in [-0.2, -0.15) is 0 Å². The van der Waals surface area contributed by atoms with E-state index in [-0.39, 0.29) is 11.9 Å². The average molecular weight is 349 g/mol. The number of urea groups is 1. The number of benzene rings is 2. The normalized spacial score (nSPS) is 16.0. The molecule has 5 nitrogen and oxygen atoms in total. The molecule has 0 aliphatic heterocycles. The van der Waals surface area contributed by atoms with Crippen molar-refractivity contribution in [3.05, 3.63) is 65.7 Å². The lowest BCUT2D eigenvalue weighted by atomic mass is 10.1. The van der Waals surface area contributed by atoms with E-state index in [2.05, 4.69) is 10.6 Å². The number of hydrogen-bond donors (Lipinski definition) is 2. The summed E-state index contributed by atoms with van der Waals surface area (Å²) in [6.07, 6.45) is 4.25. The average Bonchev–Trinajstić information content (AvgIpc) is 3.55. The molecule has 0 bridgehead atoms. The monoisotopic (exact) mass is 349 g/mol. The first-order valence-corrected chi connectivity index (χ1v) is 9.21. The third kappa shape index (κ3) is 4.23. The van der Waals surface area contributed by atoms with Gasteiger partial charge in [0.05, 0.1) is 0 Å². The van der Waals surface area contributed by atoms with Gasteiger partial charge in [-0.1, -0.05) is 30.3 Å². The molecule has 2 saturated carbocycles. The quantitative estimate of drug-likeness (QED) is 0.834. The molecule has 4 rings (SSSR count). The number of hydrogen-bond acceptors (Lipinski definition) is 2. The van der Waals surface area contributed by atoms with Gasteiger partial charge in [0.2, 0.25) is 0 Å². The summed E-state index contributed by atoms with van der Waals surface area (Å²) in [5, 5.41) is 5.96. The predicted octanol–water partition coefficient (Wildman–Crippen LogP) is 3.78. The smallest absolute Gasteiger partial charge is 0.322 e. The van der Waals surface area contributed by atoms with E-state index in [1.54, 1.807) is 0 Å². The molecule has 5 heteroatoms. The Morgan fingerprint density at radius 2 is 1.62 bits per heavy atom. The van der Waals surface area contributed by atoms with Crippen molar-refractivity contribution < 1.29 is 9.59 Å². The highest BCUT2D eigenvalue weighted by Crippen LogP contribution is 2.29. The van der Waals surface area contributed by atoms with Crippen LogP contribution in [0.5, 0.6) is 0 Å². The molecule has 2 N–H and O–H groups in total. The second-order valence-electron chi connectivity index (χ2n) is 7.10. The molecule has 0 saturated heterocycles. The predicted molar refractivity (Wildman–Crippen MR) is 101 cm³/mol. The minimum absolute atomic E-state index is 0.0140. The maximum Gasteiger partial charge on any atom is 0.322 e. The molecule has 2 aromatic carbocycles. The van der Waals surface area contributed by atoms with Gasteiger partial charge in [0.1, 0.15) is 0 Å². The highest BCUT2D eigenvalue weighted by atomic mass is 16.2. The Balaban J connectivity index is 1.40. The van der Waals surface area contributed by atoms with E-state index in [1.165, 1.54) is 0 Å². The standard InChI is InChI=1S/C21H23N3O2/c25-20(22-18-10-11-18)16-8-6-15(7-9-16)14-24(19-12-13-19)21(26)23-17-4-2-1-3-5-17/h1-9,18-19H,10-14H2,(H,22,25)(H,23,26). The lowest BCUT2D eigenvalue weighted by Gasteiger charge is -2.23. The molecule has 0 atom stereocenters. The SMILES string of the molecule is O=C(NC1CC1)c1ccc(CN(C(=O)Nc2ccccc2)C2CC2)cc1. The van der Waals surface area contributed by atoms with Crippen LogP contribution in [0, 0.1) is 0 Å². The van der Waals surface area contributed by atoms with Crippen LogP contribution in [-0.4, -0.2) is 28.9 Å². The molecule has 0 radical (unpaired) electrons. The number of para-hydroxylation sites is 1. The topological polar surface area (TPSA) is 61.4 Å². The van der Waals surface area contributed by atoms with Gasteiger partial charge in [0, 0.05) is 29.9 Å². The van der Waals surface area contributed by atoms with Crippen molar-refractivity contribution in [2.45, 2.75) is 44.3 Å².